The van der Waals surface area contributed by atoms with E-state index in [1.807, 2.05) is 0 Å². The first-order chi connectivity index (χ1) is 8.49. The van der Waals surface area contributed by atoms with Crippen molar-refractivity contribution in [1.82, 2.24) is 5.32 Å². The van der Waals surface area contributed by atoms with Crippen LogP contribution >= 0.6 is 0 Å². The molecule has 0 fully saturated rings. The molecule has 5 nitrogen and oxygen atoms in total. The quantitative estimate of drug-likeness (QED) is 0.689. The molecule has 0 aliphatic carbocycles. The highest BCUT2D eigenvalue weighted by atomic mass is 16.3. The van der Waals surface area contributed by atoms with E-state index in [1.165, 1.54) is 0 Å². The summed E-state index contributed by atoms with van der Waals surface area (Å²) in [5, 5.41) is 11.8. The summed E-state index contributed by atoms with van der Waals surface area (Å²) in [6.45, 7) is 1.99. The number of aliphatic hydroxyl groups is 1. The molecule has 18 heavy (non-hydrogen) atoms. The molecule has 1 aromatic rings. The Balaban J connectivity index is 2.46. The van der Waals surface area contributed by atoms with Crippen molar-refractivity contribution < 1.29 is 14.7 Å². The molecular formula is C13H18N2O3. The smallest absolute Gasteiger partial charge is 0.248 e. The monoisotopic (exact) mass is 250 g/mol. The molecule has 98 valence electrons. The van der Waals surface area contributed by atoms with Crippen LogP contribution in [0.15, 0.2) is 24.3 Å². The van der Waals surface area contributed by atoms with Crippen molar-refractivity contribution >= 4 is 11.8 Å². The molecule has 0 saturated heterocycles. The van der Waals surface area contributed by atoms with E-state index < -0.39 is 12.0 Å². The van der Waals surface area contributed by atoms with Crippen LogP contribution in [0.2, 0.25) is 0 Å². The Bertz CT molecular complexity index is 430. The second-order valence-corrected chi connectivity index (χ2v) is 4.23. The predicted molar refractivity (Wildman–Crippen MR) is 67.7 cm³/mol. The molecule has 4 N–H and O–H groups in total. The number of nitrogens with one attached hydrogen (secondary N) is 1. The topological polar surface area (TPSA) is 92.4 Å². The summed E-state index contributed by atoms with van der Waals surface area (Å²) in [6.07, 6.45) is 0.245. The van der Waals surface area contributed by atoms with Crippen LogP contribution < -0.4 is 11.1 Å². The molecule has 0 aliphatic rings. The van der Waals surface area contributed by atoms with Crippen LogP contribution in [0.1, 0.15) is 35.7 Å². The Kier molecular flexibility index (Phi) is 5.32. The normalized spacial score (nSPS) is 11.9. The molecule has 1 aromatic carbocycles. The number of carbonyl (C=O) groups is 2. The molecule has 5 heteroatoms. The van der Waals surface area contributed by atoms with Crippen molar-refractivity contribution in [2.24, 2.45) is 5.73 Å². The molecule has 1 unspecified atom stereocenters. The van der Waals surface area contributed by atoms with E-state index in [0.717, 1.165) is 5.56 Å². The van der Waals surface area contributed by atoms with E-state index in [0.29, 0.717) is 18.5 Å². The summed E-state index contributed by atoms with van der Waals surface area (Å²) < 4.78 is 0. The van der Waals surface area contributed by atoms with Gasteiger partial charge in [0, 0.05) is 18.5 Å². The van der Waals surface area contributed by atoms with Crippen molar-refractivity contribution in [1.29, 1.82) is 0 Å². The lowest BCUT2D eigenvalue weighted by Gasteiger charge is -2.07. The average Bonchev–Trinajstić information content (AvgIpc) is 2.34. The van der Waals surface area contributed by atoms with Crippen LogP contribution in [0.3, 0.4) is 0 Å². The van der Waals surface area contributed by atoms with E-state index in [9.17, 15) is 9.59 Å². The third-order valence-corrected chi connectivity index (χ3v) is 2.49. The first-order valence-corrected chi connectivity index (χ1v) is 5.82. The predicted octanol–water partition coefficient (Wildman–Crippen LogP) is 0.563. The fourth-order valence-electron chi connectivity index (χ4n) is 1.46. The molecule has 1 rings (SSSR count). The maximum atomic E-state index is 11.4. The third kappa shape index (κ3) is 4.97. The summed E-state index contributed by atoms with van der Waals surface area (Å²) in [7, 11) is 0. The van der Waals surface area contributed by atoms with Gasteiger partial charge in [0.05, 0.1) is 6.10 Å². The van der Waals surface area contributed by atoms with Gasteiger partial charge >= 0.3 is 0 Å². The van der Waals surface area contributed by atoms with Crippen LogP contribution in [0, 0.1) is 0 Å². The summed E-state index contributed by atoms with van der Waals surface area (Å²) in [5.41, 5.74) is 6.40. The number of hydrogen-bond acceptors (Lipinski definition) is 3. The van der Waals surface area contributed by atoms with Crippen LogP contribution in [-0.4, -0.2) is 23.0 Å². The number of hydrogen-bond donors (Lipinski definition) is 3. The van der Waals surface area contributed by atoms with Crippen molar-refractivity contribution in [3.63, 3.8) is 0 Å². The number of amides is 2. The molecule has 0 bridgehead atoms. The van der Waals surface area contributed by atoms with Gasteiger partial charge in [0.1, 0.15) is 0 Å². The minimum atomic E-state index is -0.489. The number of carbonyl (C=O) groups excluding carboxylic acids is 2. The summed E-state index contributed by atoms with van der Waals surface area (Å²) in [6, 6.07) is 6.80. The Morgan fingerprint density at radius 3 is 2.78 bits per heavy atom. The van der Waals surface area contributed by atoms with Gasteiger partial charge in [-0.2, -0.15) is 0 Å². The maximum absolute atomic E-state index is 11.4. The molecule has 0 spiro atoms. The fraction of sp³-hybridized carbons (Fsp3) is 0.385. The Morgan fingerprint density at radius 1 is 1.44 bits per heavy atom. The van der Waals surface area contributed by atoms with Gasteiger partial charge in [0.2, 0.25) is 11.8 Å². The maximum Gasteiger partial charge on any atom is 0.248 e. The lowest BCUT2D eigenvalue weighted by atomic mass is 10.1. The van der Waals surface area contributed by atoms with Gasteiger partial charge in [0.25, 0.3) is 0 Å². The van der Waals surface area contributed by atoms with E-state index in [-0.39, 0.29) is 12.3 Å². The van der Waals surface area contributed by atoms with Crippen LogP contribution in [0.25, 0.3) is 0 Å². The van der Waals surface area contributed by atoms with Crippen molar-refractivity contribution in [2.45, 2.75) is 32.4 Å². The minimum Gasteiger partial charge on any atom is -0.393 e. The summed E-state index contributed by atoms with van der Waals surface area (Å²) >= 11 is 0. The molecule has 1 atom stereocenters. The number of nitrogens with two attached hydrogens (primary N) is 1. The van der Waals surface area contributed by atoms with Crippen molar-refractivity contribution in [3.8, 4) is 0 Å². The highest BCUT2D eigenvalue weighted by molar-refractivity contribution is 5.92. The zero-order chi connectivity index (χ0) is 13.5. The number of benzene rings is 1. The highest BCUT2D eigenvalue weighted by Crippen LogP contribution is 2.04. The SMILES string of the molecule is CC(O)CCC(=O)NCc1cccc(C(N)=O)c1. The molecule has 2 amide bonds. The van der Waals surface area contributed by atoms with Gasteiger partial charge in [-0.1, -0.05) is 12.1 Å². The Hall–Kier alpha value is -1.88. The largest absolute Gasteiger partial charge is 0.393 e. The van der Waals surface area contributed by atoms with E-state index in [2.05, 4.69) is 5.32 Å². The zero-order valence-electron chi connectivity index (χ0n) is 10.3. The molecule has 0 aromatic heterocycles. The number of aliphatic hydroxyl groups excluding tert-OH is 1. The highest BCUT2D eigenvalue weighted by Gasteiger charge is 2.05. The molecule has 0 aliphatic heterocycles. The Morgan fingerprint density at radius 2 is 2.17 bits per heavy atom. The van der Waals surface area contributed by atoms with Crippen LogP contribution in [-0.2, 0) is 11.3 Å². The second-order valence-electron chi connectivity index (χ2n) is 4.23. The number of rotatable bonds is 6. The summed E-state index contributed by atoms with van der Waals surface area (Å²) in [4.78, 5) is 22.4. The molecule has 0 heterocycles. The van der Waals surface area contributed by atoms with Gasteiger partial charge in [-0.25, -0.2) is 0 Å². The molecule has 0 radical (unpaired) electrons. The van der Waals surface area contributed by atoms with Crippen LogP contribution in [0.4, 0.5) is 0 Å². The fourth-order valence-corrected chi connectivity index (χ4v) is 1.46. The Labute approximate surface area is 106 Å². The van der Waals surface area contributed by atoms with Gasteiger partial charge in [-0.3, -0.25) is 9.59 Å². The molecular weight excluding hydrogens is 232 g/mol. The van der Waals surface area contributed by atoms with Gasteiger partial charge < -0.3 is 16.2 Å². The standard InChI is InChI=1S/C13H18N2O3/c1-9(16)5-6-12(17)15-8-10-3-2-4-11(7-10)13(14)18/h2-4,7,9,16H,5-6,8H2,1H3,(H2,14,18)(H,15,17). The van der Waals surface area contributed by atoms with E-state index >= 15 is 0 Å². The van der Waals surface area contributed by atoms with E-state index in [4.69, 9.17) is 10.8 Å². The van der Waals surface area contributed by atoms with Gasteiger partial charge in [0.15, 0.2) is 0 Å². The van der Waals surface area contributed by atoms with Gasteiger partial charge in [-0.15, -0.1) is 0 Å². The first-order valence-electron chi connectivity index (χ1n) is 5.82. The molecule has 0 saturated carbocycles. The second kappa shape index (κ2) is 6.76. The summed E-state index contributed by atoms with van der Waals surface area (Å²) in [5.74, 6) is -0.613. The van der Waals surface area contributed by atoms with Crippen molar-refractivity contribution in [3.05, 3.63) is 35.4 Å². The lowest BCUT2D eigenvalue weighted by molar-refractivity contribution is -0.121. The first kappa shape index (κ1) is 14.2. The van der Waals surface area contributed by atoms with Crippen molar-refractivity contribution in [2.75, 3.05) is 0 Å². The third-order valence-electron chi connectivity index (χ3n) is 2.49. The lowest BCUT2D eigenvalue weighted by Crippen LogP contribution is -2.23. The minimum absolute atomic E-state index is 0.125. The average molecular weight is 250 g/mol. The van der Waals surface area contributed by atoms with E-state index in [1.54, 1.807) is 31.2 Å². The van der Waals surface area contributed by atoms with Gasteiger partial charge in [-0.05, 0) is 31.0 Å². The number of primary amides is 1. The van der Waals surface area contributed by atoms with Crippen LogP contribution in [0.5, 0.6) is 0 Å². The zero-order valence-corrected chi connectivity index (χ0v) is 10.3.